The molecule has 6 saturated carbocycles. The molecule has 0 aromatic rings. The van der Waals surface area contributed by atoms with Crippen molar-refractivity contribution in [2.24, 2.45) is 68.0 Å². The summed E-state index contributed by atoms with van der Waals surface area (Å²) >= 11 is 0. The third-order valence-electron chi connectivity index (χ3n) is 17.7. The Morgan fingerprint density at radius 3 is 2.17 bits per heavy atom. The molecule has 0 bridgehead atoms. The fourth-order valence-electron chi connectivity index (χ4n) is 14.4. The topological polar surface area (TPSA) is 78.9 Å². The van der Waals surface area contributed by atoms with E-state index in [1.54, 1.807) is 0 Å². The van der Waals surface area contributed by atoms with Crippen LogP contribution >= 0.6 is 0 Å². The molecule has 1 heterocycles. The van der Waals surface area contributed by atoms with Crippen molar-refractivity contribution in [3.8, 4) is 0 Å². The van der Waals surface area contributed by atoms with E-state index in [0.29, 0.717) is 55.9 Å². The van der Waals surface area contributed by atoms with E-state index in [4.69, 9.17) is 4.74 Å². The van der Waals surface area contributed by atoms with E-state index in [1.807, 2.05) is 4.90 Å². The van der Waals surface area contributed by atoms with Crippen LogP contribution in [-0.4, -0.2) is 60.3 Å². The Morgan fingerprint density at radius 1 is 0.809 bits per heavy atom. The van der Waals surface area contributed by atoms with E-state index in [2.05, 4.69) is 67.3 Å². The summed E-state index contributed by atoms with van der Waals surface area (Å²) in [6, 6.07) is 0.0330. The second-order valence-electron chi connectivity index (χ2n) is 19.8. The van der Waals surface area contributed by atoms with Gasteiger partial charge in [0.1, 0.15) is 0 Å². The molecule has 1 aliphatic heterocycles. The third kappa shape index (κ3) is 4.53. The van der Waals surface area contributed by atoms with Gasteiger partial charge in [0.05, 0.1) is 24.7 Å². The lowest BCUT2D eigenvalue weighted by atomic mass is 9.32. The van der Waals surface area contributed by atoms with Gasteiger partial charge in [0.2, 0.25) is 11.8 Å². The predicted molar refractivity (Wildman–Crippen MR) is 186 cm³/mol. The number of allylic oxidation sites excluding steroid dienone is 1. The van der Waals surface area contributed by atoms with Crippen LogP contribution < -0.4 is 5.32 Å². The van der Waals surface area contributed by atoms with Crippen molar-refractivity contribution >= 4 is 11.8 Å². The van der Waals surface area contributed by atoms with Gasteiger partial charge in [0, 0.05) is 25.0 Å². The van der Waals surface area contributed by atoms with Crippen LogP contribution in [-0.2, 0) is 14.3 Å². The maximum atomic E-state index is 14.8. The largest absolute Gasteiger partial charge is 0.393 e. The summed E-state index contributed by atoms with van der Waals surface area (Å²) in [6.45, 7) is 26.3. The van der Waals surface area contributed by atoms with Gasteiger partial charge in [-0.1, -0.05) is 60.6 Å². The number of ether oxygens (including phenoxy) is 1. The average molecular weight is 651 g/mol. The smallest absolute Gasteiger partial charge is 0.226 e. The lowest BCUT2D eigenvalue weighted by Gasteiger charge is -2.72. The Kier molecular flexibility index (Phi) is 8.01. The van der Waals surface area contributed by atoms with E-state index in [1.165, 1.54) is 31.3 Å². The van der Waals surface area contributed by atoms with E-state index in [-0.39, 0.29) is 62.4 Å². The summed E-state index contributed by atoms with van der Waals surface area (Å²) < 4.78 is 5.49. The minimum atomic E-state index is -0.343. The van der Waals surface area contributed by atoms with Gasteiger partial charge in [0.15, 0.2) is 0 Å². The Hall–Kier alpha value is -1.40. The summed E-state index contributed by atoms with van der Waals surface area (Å²) in [5, 5.41) is 14.7. The minimum Gasteiger partial charge on any atom is -0.393 e. The molecule has 0 aromatic carbocycles. The Bertz CT molecular complexity index is 1300. The molecule has 6 heteroatoms. The van der Waals surface area contributed by atoms with Crippen LogP contribution in [0.5, 0.6) is 0 Å². The van der Waals surface area contributed by atoms with Gasteiger partial charge in [-0.25, -0.2) is 0 Å². The number of carbonyl (C=O) groups is 2. The first-order valence-electron chi connectivity index (χ1n) is 19.5. The lowest BCUT2D eigenvalue weighted by molar-refractivity contribution is -0.246. The quantitative estimate of drug-likeness (QED) is 0.311. The second-order valence-corrected chi connectivity index (χ2v) is 19.8. The van der Waals surface area contributed by atoms with Crippen LogP contribution in [0.25, 0.3) is 0 Å². The summed E-state index contributed by atoms with van der Waals surface area (Å²) in [5.74, 6) is 2.93. The summed E-state index contributed by atoms with van der Waals surface area (Å²) in [6.07, 6.45) is 11.6. The molecule has 6 nitrogen and oxygen atoms in total. The van der Waals surface area contributed by atoms with Crippen molar-refractivity contribution in [3.05, 3.63) is 12.2 Å². The zero-order valence-electron chi connectivity index (χ0n) is 31.1. The van der Waals surface area contributed by atoms with Crippen LogP contribution in [0.4, 0.5) is 0 Å². The van der Waals surface area contributed by atoms with E-state index < -0.39 is 0 Å². The zero-order chi connectivity index (χ0) is 33.9. The van der Waals surface area contributed by atoms with Crippen molar-refractivity contribution in [3.63, 3.8) is 0 Å². The van der Waals surface area contributed by atoms with Gasteiger partial charge in [-0.2, -0.15) is 0 Å². The molecule has 7 aliphatic rings. The molecule has 47 heavy (non-hydrogen) atoms. The summed E-state index contributed by atoms with van der Waals surface area (Å²) in [4.78, 5) is 30.3. The highest BCUT2D eigenvalue weighted by molar-refractivity contribution is 5.86. The molecule has 2 N–H and O–H groups in total. The molecule has 6 aliphatic carbocycles. The number of hydrogen-bond acceptors (Lipinski definition) is 4. The summed E-state index contributed by atoms with van der Waals surface area (Å²) in [7, 11) is 0. The molecule has 0 radical (unpaired) electrons. The lowest BCUT2D eigenvalue weighted by Crippen LogP contribution is -2.68. The van der Waals surface area contributed by atoms with Gasteiger partial charge in [-0.3, -0.25) is 9.59 Å². The monoisotopic (exact) mass is 651 g/mol. The van der Waals surface area contributed by atoms with Crippen molar-refractivity contribution in [1.82, 2.24) is 10.2 Å². The first-order valence-corrected chi connectivity index (χ1v) is 19.5. The number of nitrogens with zero attached hydrogens (tertiary/aromatic N) is 1. The van der Waals surface area contributed by atoms with Crippen LogP contribution in [0.15, 0.2) is 12.2 Å². The first kappa shape index (κ1) is 34.1. The number of amides is 2. The van der Waals surface area contributed by atoms with Crippen molar-refractivity contribution < 1.29 is 19.4 Å². The third-order valence-corrected chi connectivity index (χ3v) is 17.7. The van der Waals surface area contributed by atoms with E-state index in [0.717, 1.165) is 44.9 Å². The van der Waals surface area contributed by atoms with Crippen LogP contribution in [0, 0.1) is 68.0 Å². The molecule has 7 fully saturated rings. The summed E-state index contributed by atoms with van der Waals surface area (Å²) in [5.41, 5.74) is 1.29. The highest BCUT2D eigenvalue weighted by atomic mass is 16.5. The number of aliphatic hydroxyl groups excluding tert-OH is 1. The number of rotatable bonds is 4. The number of morpholine rings is 1. The Balaban J connectivity index is 1.15. The molecular formula is C41H66N2O4. The fraction of sp³-hybridized carbons (Fsp3) is 0.902. The predicted octanol–water partition coefficient (Wildman–Crippen LogP) is 7.39. The standard InChI is InChI=1S/C41H66N2O4/c1-25(2)26-12-17-41(35(46)42-31-24-28(36(31,3)4)34(45)43-20-22-47-23-21-43)19-18-39(8)27(33(26)41)10-11-30-38(7)15-14-32(44)37(5,6)29(38)13-16-40(30,39)9/h26-33,44H,1,10-24H2,2-9H3,(H,42,46)/t26?,27?,28-,29?,30?,31-,32?,33?,38?,39?,40?,41?/m0/s1. The minimum absolute atomic E-state index is 0.0330. The number of hydrogen-bond donors (Lipinski definition) is 2. The van der Waals surface area contributed by atoms with Crippen LogP contribution in [0.2, 0.25) is 0 Å². The Labute approximate surface area is 285 Å². The van der Waals surface area contributed by atoms with Crippen LogP contribution in [0.1, 0.15) is 126 Å². The molecule has 12 atom stereocenters. The molecule has 10 unspecified atom stereocenters. The van der Waals surface area contributed by atoms with Gasteiger partial charge in [0.25, 0.3) is 0 Å². The molecule has 0 aromatic heterocycles. The van der Waals surface area contributed by atoms with E-state index >= 15 is 0 Å². The van der Waals surface area contributed by atoms with Gasteiger partial charge in [-0.15, -0.1) is 0 Å². The molecule has 2 amide bonds. The highest BCUT2D eigenvalue weighted by Gasteiger charge is 2.72. The van der Waals surface area contributed by atoms with Gasteiger partial charge < -0.3 is 20.1 Å². The van der Waals surface area contributed by atoms with Crippen molar-refractivity contribution in [2.75, 3.05) is 26.3 Å². The van der Waals surface area contributed by atoms with E-state index in [9.17, 15) is 14.7 Å². The first-order chi connectivity index (χ1) is 21.9. The molecular weight excluding hydrogens is 584 g/mol. The molecule has 264 valence electrons. The number of fused-ring (bicyclic) bond motifs is 7. The zero-order valence-corrected chi connectivity index (χ0v) is 31.1. The van der Waals surface area contributed by atoms with Crippen molar-refractivity contribution in [2.45, 2.75) is 138 Å². The highest BCUT2D eigenvalue weighted by Crippen LogP contribution is 2.77. The Morgan fingerprint density at radius 2 is 1.51 bits per heavy atom. The SMILES string of the molecule is C=C(C)C1CCC2(C(=O)N[C@H]3C[C@@H](C(=O)N4CCOCC4)C3(C)C)CCC3(C)C(CCC4C5(C)CCC(O)C(C)(C)C5CCC43C)C12. The number of nitrogens with one attached hydrogen (secondary N) is 1. The molecule has 0 spiro atoms. The van der Waals surface area contributed by atoms with Crippen LogP contribution in [0.3, 0.4) is 0 Å². The maximum Gasteiger partial charge on any atom is 0.226 e. The maximum absolute atomic E-state index is 14.8. The molecule has 1 saturated heterocycles. The van der Waals surface area contributed by atoms with Crippen molar-refractivity contribution in [1.29, 1.82) is 0 Å². The molecule has 7 rings (SSSR count). The number of aliphatic hydroxyl groups is 1. The van der Waals surface area contributed by atoms with Gasteiger partial charge in [-0.05, 0) is 134 Å². The van der Waals surface area contributed by atoms with Gasteiger partial charge >= 0.3 is 0 Å². The fourth-order valence-corrected chi connectivity index (χ4v) is 14.4. The average Bonchev–Trinajstić information content (AvgIpc) is 3.43. The second kappa shape index (κ2) is 11.0. The normalized spacial score (nSPS) is 49.8. The number of carbonyl (C=O) groups excluding carboxylic acids is 2.